The van der Waals surface area contributed by atoms with Crippen molar-refractivity contribution in [2.75, 3.05) is 4.90 Å². The van der Waals surface area contributed by atoms with Crippen LogP contribution in [0.5, 0.6) is 0 Å². The molecule has 3 heteroatoms. The highest BCUT2D eigenvalue weighted by Gasteiger charge is 2.19. The van der Waals surface area contributed by atoms with Gasteiger partial charge in [-0.25, -0.2) is 0 Å². The van der Waals surface area contributed by atoms with E-state index in [1.165, 1.54) is 0 Å². The second-order valence-corrected chi connectivity index (χ2v) is 5.16. The molecule has 1 aromatic heterocycles. The smallest absolute Gasteiger partial charge is 0.214 e. The molecule has 0 spiro atoms. The van der Waals surface area contributed by atoms with E-state index in [9.17, 15) is 4.79 Å². The second-order valence-electron chi connectivity index (χ2n) is 5.16. The van der Waals surface area contributed by atoms with Gasteiger partial charge < -0.3 is 4.90 Å². The highest BCUT2D eigenvalue weighted by atomic mass is 16.1. The van der Waals surface area contributed by atoms with Gasteiger partial charge in [0.15, 0.2) is 0 Å². The molecule has 3 nitrogen and oxygen atoms in total. The molecule has 0 aliphatic heterocycles. The first kappa shape index (κ1) is 14.3. The lowest BCUT2D eigenvalue weighted by Crippen LogP contribution is -2.26. The van der Waals surface area contributed by atoms with E-state index in [1.807, 2.05) is 54.7 Å². The molecule has 3 rings (SSSR count). The van der Waals surface area contributed by atoms with Crippen LogP contribution in [0, 0.1) is 6.07 Å². The summed E-state index contributed by atoms with van der Waals surface area (Å²) in [5.74, 6) is 0. The van der Waals surface area contributed by atoms with Crippen LogP contribution < -0.4 is 4.90 Å². The molecule has 1 amide bonds. The Morgan fingerprint density at radius 2 is 2.14 bits per heavy atom. The van der Waals surface area contributed by atoms with Crippen molar-refractivity contribution in [1.29, 1.82) is 0 Å². The van der Waals surface area contributed by atoms with Crippen LogP contribution in [-0.4, -0.2) is 11.4 Å². The zero-order valence-corrected chi connectivity index (χ0v) is 12.4. The summed E-state index contributed by atoms with van der Waals surface area (Å²) < 4.78 is 0. The molecular weight excluding hydrogens is 272 g/mol. The number of aromatic nitrogens is 1. The molecule has 1 atom stereocenters. The maximum Gasteiger partial charge on any atom is 0.214 e. The Morgan fingerprint density at radius 3 is 2.86 bits per heavy atom. The fourth-order valence-electron chi connectivity index (χ4n) is 2.73. The molecule has 22 heavy (non-hydrogen) atoms. The first-order valence-electron chi connectivity index (χ1n) is 7.37. The fourth-order valence-corrected chi connectivity index (χ4v) is 2.73. The van der Waals surface area contributed by atoms with Crippen LogP contribution in [0.4, 0.5) is 5.69 Å². The first-order valence-corrected chi connectivity index (χ1v) is 7.37. The van der Waals surface area contributed by atoms with E-state index < -0.39 is 0 Å². The maximum absolute atomic E-state index is 11.7. The summed E-state index contributed by atoms with van der Waals surface area (Å²) in [6.07, 6.45) is 5.32. The molecule has 0 saturated carbocycles. The van der Waals surface area contributed by atoms with E-state index in [0.29, 0.717) is 0 Å². The number of nitrogens with zero attached hydrogens (tertiary/aromatic N) is 2. The Balaban J connectivity index is 2.02. The highest BCUT2D eigenvalue weighted by molar-refractivity contribution is 5.88. The van der Waals surface area contributed by atoms with Crippen LogP contribution in [0.1, 0.15) is 24.9 Å². The van der Waals surface area contributed by atoms with Gasteiger partial charge in [0.1, 0.15) is 0 Å². The normalized spacial score (nSPS) is 12.0. The Bertz CT molecular complexity index is 771. The number of fused-ring (bicyclic) bond motifs is 1. The topological polar surface area (TPSA) is 33.2 Å². The minimum atomic E-state index is -0.0158. The van der Waals surface area contributed by atoms with Crippen LogP contribution >= 0.6 is 0 Å². The molecule has 0 fully saturated rings. The van der Waals surface area contributed by atoms with E-state index >= 15 is 0 Å². The highest BCUT2D eigenvalue weighted by Crippen LogP contribution is 2.30. The van der Waals surface area contributed by atoms with Crippen LogP contribution in [0.3, 0.4) is 0 Å². The monoisotopic (exact) mass is 289 g/mol. The lowest BCUT2D eigenvalue weighted by molar-refractivity contribution is -0.107. The summed E-state index contributed by atoms with van der Waals surface area (Å²) in [6.45, 7) is 2.08. The van der Waals surface area contributed by atoms with Crippen molar-refractivity contribution >= 4 is 22.9 Å². The van der Waals surface area contributed by atoms with Gasteiger partial charge in [-0.05, 0) is 41.6 Å². The first-order chi connectivity index (χ1) is 10.8. The number of amides is 1. The largest absolute Gasteiger partial charge is 0.307 e. The predicted octanol–water partition coefficient (Wildman–Crippen LogP) is 4.15. The van der Waals surface area contributed by atoms with E-state index in [4.69, 9.17) is 0 Å². The third kappa shape index (κ3) is 2.70. The standard InChI is InChI=1S/C19H17N2O/c1-2-19(15-6-4-3-5-7-15)21(14-22)18-9-8-17-13-20-11-10-16(17)12-18/h3-6,8-14,19H,2H2,1H3. The molecule has 1 unspecified atom stereocenters. The number of hydrogen-bond acceptors (Lipinski definition) is 2. The number of carbonyl (C=O) groups is 1. The van der Waals surface area contributed by atoms with Crippen molar-refractivity contribution in [3.05, 3.63) is 72.6 Å². The number of rotatable bonds is 5. The summed E-state index contributed by atoms with van der Waals surface area (Å²) in [6, 6.07) is 19.0. The maximum atomic E-state index is 11.7. The van der Waals surface area contributed by atoms with Crippen molar-refractivity contribution < 1.29 is 4.79 Å². The molecule has 2 aromatic carbocycles. The van der Waals surface area contributed by atoms with E-state index in [1.54, 1.807) is 11.1 Å². The molecule has 3 aromatic rings. The number of anilines is 1. The van der Waals surface area contributed by atoms with Gasteiger partial charge in [-0.1, -0.05) is 37.3 Å². The summed E-state index contributed by atoms with van der Waals surface area (Å²) in [7, 11) is 0. The fraction of sp³-hybridized carbons (Fsp3) is 0.158. The van der Waals surface area contributed by atoms with Gasteiger partial charge in [-0.3, -0.25) is 9.78 Å². The molecule has 0 aliphatic rings. The van der Waals surface area contributed by atoms with E-state index in [2.05, 4.69) is 18.0 Å². The lowest BCUT2D eigenvalue weighted by Gasteiger charge is -2.28. The third-order valence-corrected chi connectivity index (χ3v) is 3.85. The number of carbonyl (C=O) groups excluding carboxylic acids is 1. The summed E-state index contributed by atoms with van der Waals surface area (Å²) in [5.41, 5.74) is 1.91. The Labute approximate surface area is 130 Å². The quantitative estimate of drug-likeness (QED) is 0.661. The van der Waals surface area contributed by atoms with Gasteiger partial charge in [-0.15, -0.1) is 0 Å². The average molecular weight is 289 g/mol. The van der Waals surface area contributed by atoms with Gasteiger partial charge in [0.25, 0.3) is 0 Å². The van der Waals surface area contributed by atoms with Crippen molar-refractivity contribution in [2.24, 2.45) is 0 Å². The van der Waals surface area contributed by atoms with E-state index in [-0.39, 0.29) is 6.04 Å². The Morgan fingerprint density at radius 1 is 1.23 bits per heavy atom. The zero-order chi connectivity index (χ0) is 15.4. The SMILES string of the molecule is CCC(c1[c]cccc1)N(C=O)c1ccc2cnccc2c1. The summed E-state index contributed by atoms with van der Waals surface area (Å²) >= 11 is 0. The van der Waals surface area contributed by atoms with Gasteiger partial charge in [0.2, 0.25) is 6.41 Å². The van der Waals surface area contributed by atoms with Crippen molar-refractivity contribution in [1.82, 2.24) is 4.98 Å². The van der Waals surface area contributed by atoms with Gasteiger partial charge >= 0.3 is 0 Å². The van der Waals surface area contributed by atoms with Crippen molar-refractivity contribution in [3.63, 3.8) is 0 Å². The van der Waals surface area contributed by atoms with Crippen molar-refractivity contribution in [2.45, 2.75) is 19.4 Å². The Hall–Kier alpha value is -2.68. The molecule has 0 bridgehead atoms. The minimum Gasteiger partial charge on any atom is -0.307 e. The van der Waals surface area contributed by atoms with Gasteiger partial charge in [0.05, 0.1) is 6.04 Å². The predicted molar refractivity (Wildman–Crippen MR) is 88.6 cm³/mol. The molecule has 0 N–H and O–H groups in total. The second kappa shape index (κ2) is 6.39. The number of pyridine rings is 1. The average Bonchev–Trinajstić information content (AvgIpc) is 2.60. The number of benzene rings is 2. The van der Waals surface area contributed by atoms with Crippen LogP contribution in [0.25, 0.3) is 10.8 Å². The lowest BCUT2D eigenvalue weighted by atomic mass is 10.0. The van der Waals surface area contributed by atoms with Gasteiger partial charge in [0, 0.05) is 23.5 Å². The van der Waals surface area contributed by atoms with E-state index in [0.717, 1.165) is 34.9 Å². The molecule has 109 valence electrons. The summed E-state index contributed by atoms with van der Waals surface area (Å²) in [4.78, 5) is 17.6. The Kier molecular flexibility index (Phi) is 4.15. The summed E-state index contributed by atoms with van der Waals surface area (Å²) in [5, 5.41) is 2.14. The molecule has 0 saturated heterocycles. The van der Waals surface area contributed by atoms with Crippen LogP contribution in [-0.2, 0) is 4.79 Å². The minimum absolute atomic E-state index is 0.0158. The van der Waals surface area contributed by atoms with Crippen LogP contribution in [0.15, 0.2) is 60.9 Å². The van der Waals surface area contributed by atoms with Crippen molar-refractivity contribution in [3.8, 4) is 0 Å². The van der Waals surface area contributed by atoms with Gasteiger partial charge in [-0.2, -0.15) is 0 Å². The molecule has 0 aliphatic carbocycles. The molecular formula is C19H17N2O. The molecule has 1 heterocycles. The third-order valence-electron chi connectivity index (χ3n) is 3.85. The molecule has 1 radical (unpaired) electrons. The van der Waals surface area contributed by atoms with Crippen LogP contribution in [0.2, 0.25) is 0 Å². The zero-order valence-electron chi connectivity index (χ0n) is 12.4. The number of hydrogen-bond donors (Lipinski definition) is 0.